The van der Waals surface area contributed by atoms with Crippen molar-refractivity contribution in [2.24, 2.45) is 5.73 Å². The van der Waals surface area contributed by atoms with Gasteiger partial charge in [-0.3, -0.25) is 0 Å². The Bertz CT molecular complexity index is 433. The summed E-state index contributed by atoms with van der Waals surface area (Å²) in [6.07, 6.45) is -7.03. The summed E-state index contributed by atoms with van der Waals surface area (Å²) in [4.78, 5) is 11.4. The Kier molecular flexibility index (Phi) is 2.18. The van der Waals surface area contributed by atoms with Crippen molar-refractivity contribution in [1.82, 2.24) is 0 Å². The van der Waals surface area contributed by atoms with Gasteiger partial charge in [-0.2, -0.15) is 13.2 Å². The van der Waals surface area contributed by atoms with Gasteiger partial charge in [-0.05, 0) is 12.1 Å². The molecule has 2 N–H and O–H groups in total. The summed E-state index contributed by atoms with van der Waals surface area (Å²) in [5, 5.41) is 0. The average Bonchev–Trinajstić information content (AvgIpc) is 2.55. The van der Waals surface area contributed by atoms with Crippen LogP contribution in [0.15, 0.2) is 24.3 Å². The predicted molar refractivity (Wildman–Crippen MR) is 49.0 cm³/mol. The Morgan fingerprint density at radius 2 is 2.00 bits per heavy atom. The van der Waals surface area contributed by atoms with Crippen LogP contribution in [0.25, 0.3) is 0 Å². The van der Waals surface area contributed by atoms with E-state index in [1.54, 1.807) is 0 Å². The lowest BCUT2D eigenvalue weighted by Gasteiger charge is -2.23. The quantitative estimate of drug-likeness (QED) is 0.742. The van der Waals surface area contributed by atoms with Crippen molar-refractivity contribution in [3.63, 3.8) is 0 Å². The average molecular weight is 232 g/mol. The highest BCUT2D eigenvalue weighted by Crippen LogP contribution is 2.41. The molecule has 1 aromatic rings. The van der Waals surface area contributed by atoms with Crippen molar-refractivity contribution in [2.75, 3.05) is 4.90 Å². The summed E-state index contributed by atoms with van der Waals surface area (Å²) in [7, 11) is 0. The van der Waals surface area contributed by atoms with Gasteiger partial charge in [0, 0.05) is 0 Å². The number of para-hydroxylation sites is 2. The van der Waals surface area contributed by atoms with Gasteiger partial charge in [-0.25, -0.2) is 9.69 Å². The third-order valence-electron chi connectivity index (χ3n) is 2.12. The van der Waals surface area contributed by atoms with Crippen molar-refractivity contribution in [3.8, 4) is 5.75 Å². The van der Waals surface area contributed by atoms with E-state index in [0.29, 0.717) is 4.90 Å². The molecule has 0 spiro atoms. The van der Waals surface area contributed by atoms with E-state index >= 15 is 0 Å². The third-order valence-corrected chi connectivity index (χ3v) is 2.12. The number of amides is 2. The van der Waals surface area contributed by atoms with Crippen LogP contribution >= 0.6 is 0 Å². The van der Waals surface area contributed by atoms with Gasteiger partial charge in [0.2, 0.25) is 0 Å². The first-order valence-corrected chi connectivity index (χ1v) is 4.32. The highest BCUT2D eigenvalue weighted by Gasteiger charge is 2.52. The summed E-state index contributed by atoms with van der Waals surface area (Å²) in [5.74, 6) is -0.0105. The lowest BCUT2D eigenvalue weighted by atomic mass is 10.3. The fourth-order valence-corrected chi connectivity index (χ4v) is 1.50. The smallest absolute Gasteiger partial charge is 0.446 e. The maximum atomic E-state index is 12.6. The largest absolute Gasteiger partial charge is 0.458 e. The molecule has 0 bridgehead atoms. The van der Waals surface area contributed by atoms with Crippen LogP contribution in [0.2, 0.25) is 0 Å². The van der Waals surface area contributed by atoms with Crippen molar-refractivity contribution < 1.29 is 22.7 Å². The number of hydrogen-bond acceptors (Lipinski definition) is 2. The molecule has 7 heteroatoms. The second kappa shape index (κ2) is 3.29. The van der Waals surface area contributed by atoms with Gasteiger partial charge in [-0.1, -0.05) is 12.1 Å². The number of urea groups is 1. The molecule has 16 heavy (non-hydrogen) atoms. The standard InChI is InChI=1S/C9H7F3N2O2/c10-9(11,12)7-14(8(13)15)5-3-1-2-4-6(5)16-7/h1-4,7H,(H2,13,15). The van der Waals surface area contributed by atoms with Gasteiger partial charge in [0.05, 0.1) is 5.69 Å². The summed E-state index contributed by atoms with van der Waals surface area (Å²) in [6, 6.07) is 4.49. The lowest BCUT2D eigenvalue weighted by molar-refractivity contribution is -0.188. The van der Waals surface area contributed by atoms with Crippen molar-refractivity contribution >= 4 is 11.7 Å². The SMILES string of the molecule is NC(=O)N1c2ccccc2OC1C(F)(F)F. The normalized spacial score (nSPS) is 19.2. The first-order valence-electron chi connectivity index (χ1n) is 4.32. The topological polar surface area (TPSA) is 55.6 Å². The minimum atomic E-state index is -4.69. The van der Waals surface area contributed by atoms with Gasteiger partial charge in [-0.15, -0.1) is 0 Å². The molecule has 0 aromatic heterocycles. The molecule has 0 fully saturated rings. The molecule has 1 atom stereocenters. The molecule has 1 aromatic carbocycles. The fourth-order valence-electron chi connectivity index (χ4n) is 1.50. The van der Waals surface area contributed by atoms with Crippen LogP contribution in [0.3, 0.4) is 0 Å². The van der Waals surface area contributed by atoms with Crippen LogP contribution in [-0.4, -0.2) is 18.4 Å². The van der Waals surface area contributed by atoms with Crippen LogP contribution < -0.4 is 15.4 Å². The number of rotatable bonds is 0. The zero-order valence-corrected chi connectivity index (χ0v) is 7.86. The van der Waals surface area contributed by atoms with Gasteiger partial charge < -0.3 is 10.5 Å². The third kappa shape index (κ3) is 1.54. The summed E-state index contributed by atoms with van der Waals surface area (Å²) in [6.45, 7) is 0. The number of carbonyl (C=O) groups excluding carboxylic acids is 1. The van der Waals surface area contributed by atoms with Crippen molar-refractivity contribution in [2.45, 2.75) is 12.4 Å². The van der Waals surface area contributed by atoms with Crippen LogP contribution in [0.4, 0.5) is 23.7 Å². The zero-order chi connectivity index (χ0) is 11.9. The molecule has 1 aliphatic rings. The maximum absolute atomic E-state index is 12.6. The monoisotopic (exact) mass is 232 g/mol. The molecule has 2 rings (SSSR count). The number of anilines is 1. The van der Waals surface area contributed by atoms with E-state index in [1.807, 2.05) is 0 Å². The molecule has 1 heterocycles. The number of alkyl halides is 3. The van der Waals surface area contributed by atoms with E-state index in [1.165, 1.54) is 24.3 Å². The molecule has 2 amide bonds. The van der Waals surface area contributed by atoms with Crippen molar-refractivity contribution in [3.05, 3.63) is 24.3 Å². The molecule has 0 radical (unpaired) electrons. The number of nitrogens with two attached hydrogens (primary N) is 1. The number of hydrogen-bond donors (Lipinski definition) is 1. The number of nitrogens with zero attached hydrogens (tertiary/aromatic N) is 1. The van der Waals surface area contributed by atoms with Crippen LogP contribution in [0, 0.1) is 0 Å². The van der Waals surface area contributed by atoms with Crippen LogP contribution in [-0.2, 0) is 0 Å². The molecular weight excluding hydrogens is 225 g/mol. The van der Waals surface area contributed by atoms with Crippen LogP contribution in [0.5, 0.6) is 5.75 Å². The number of benzene rings is 1. The number of ether oxygens (including phenoxy) is 1. The van der Waals surface area contributed by atoms with E-state index in [2.05, 4.69) is 4.74 Å². The number of primary amides is 1. The number of carbonyl (C=O) groups is 1. The Hall–Kier alpha value is -1.92. The highest BCUT2D eigenvalue weighted by atomic mass is 19.4. The minimum absolute atomic E-state index is 0.0105. The fraction of sp³-hybridized carbons (Fsp3) is 0.222. The van der Waals surface area contributed by atoms with E-state index in [4.69, 9.17) is 5.73 Å². The Labute approximate surface area is 88.4 Å². The second-order valence-corrected chi connectivity index (χ2v) is 3.19. The molecule has 0 saturated carbocycles. The van der Waals surface area contributed by atoms with Gasteiger partial charge >= 0.3 is 12.2 Å². The van der Waals surface area contributed by atoms with E-state index in [9.17, 15) is 18.0 Å². The van der Waals surface area contributed by atoms with E-state index < -0.39 is 18.4 Å². The Morgan fingerprint density at radius 3 is 2.56 bits per heavy atom. The Morgan fingerprint density at radius 1 is 1.38 bits per heavy atom. The molecule has 4 nitrogen and oxygen atoms in total. The zero-order valence-electron chi connectivity index (χ0n) is 7.86. The second-order valence-electron chi connectivity index (χ2n) is 3.19. The molecule has 1 aliphatic heterocycles. The molecule has 0 saturated heterocycles. The first-order chi connectivity index (χ1) is 7.41. The number of halogens is 3. The van der Waals surface area contributed by atoms with Crippen molar-refractivity contribution in [1.29, 1.82) is 0 Å². The molecule has 1 unspecified atom stereocenters. The Balaban J connectivity index is 2.46. The first kappa shape index (κ1) is 10.6. The highest BCUT2D eigenvalue weighted by molar-refractivity contribution is 5.94. The minimum Gasteiger partial charge on any atom is -0.458 e. The summed E-state index contributed by atoms with van der Waals surface area (Å²) in [5.41, 5.74) is 4.93. The molecular formula is C9H7F3N2O2. The van der Waals surface area contributed by atoms with Gasteiger partial charge in [0.1, 0.15) is 5.75 Å². The molecule has 86 valence electrons. The van der Waals surface area contributed by atoms with Gasteiger partial charge in [0.25, 0.3) is 6.23 Å². The van der Waals surface area contributed by atoms with Gasteiger partial charge in [0.15, 0.2) is 0 Å². The number of fused-ring (bicyclic) bond motifs is 1. The lowest BCUT2D eigenvalue weighted by Crippen LogP contribution is -2.51. The van der Waals surface area contributed by atoms with E-state index in [-0.39, 0.29) is 11.4 Å². The maximum Gasteiger partial charge on any atom is 0.446 e. The summed E-state index contributed by atoms with van der Waals surface area (Å²) < 4.78 is 42.3. The molecule has 0 aliphatic carbocycles. The predicted octanol–water partition coefficient (Wildman–Crippen LogP) is 1.85. The summed E-state index contributed by atoms with van der Waals surface area (Å²) >= 11 is 0. The van der Waals surface area contributed by atoms with E-state index in [0.717, 1.165) is 0 Å². The van der Waals surface area contributed by atoms with Crippen LogP contribution in [0.1, 0.15) is 0 Å².